The predicted octanol–water partition coefficient (Wildman–Crippen LogP) is 3.46. The van der Waals surface area contributed by atoms with Crippen LogP contribution < -0.4 is 10.0 Å². The van der Waals surface area contributed by atoms with Crippen molar-refractivity contribution in [2.45, 2.75) is 19.6 Å². The number of aromatic nitrogens is 1. The van der Waals surface area contributed by atoms with E-state index in [-0.39, 0.29) is 12.6 Å². The number of rotatable bonds is 4. The number of carbonyl (C=O) groups is 1. The first-order chi connectivity index (χ1) is 11.6. The third-order valence-corrected chi connectivity index (χ3v) is 3.86. The molecule has 24 heavy (non-hydrogen) atoms. The minimum atomic E-state index is -0.491. The highest BCUT2D eigenvalue weighted by atomic mass is 16.5. The van der Waals surface area contributed by atoms with Gasteiger partial charge >= 0.3 is 6.09 Å². The maximum atomic E-state index is 12.0. The Morgan fingerprint density at radius 3 is 2.62 bits per heavy atom. The summed E-state index contributed by atoms with van der Waals surface area (Å²) in [7, 11) is 0. The highest BCUT2D eigenvalue weighted by Crippen LogP contribution is 2.21. The van der Waals surface area contributed by atoms with Crippen molar-refractivity contribution in [3.63, 3.8) is 0 Å². The van der Waals surface area contributed by atoms with Gasteiger partial charge in [-0.3, -0.25) is 0 Å². The Balaban J connectivity index is 1.70. The van der Waals surface area contributed by atoms with Gasteiger partial charge in [0.05, 0.1) is 11.4 Å². The van der Waals surface area contributed by atoms with Gasteiger partial charge in [-0.25, -0.2) is 4.79 Å². The number of fused-ring (bicyclic) bond motifs is 1. The molecule has 0 spiro atoms. The zero-order valence-electron chi connectivity index (χ0n) is 13.3. The first-order valence-electron chi connectivity index (χ1n) is 7.73. The number of nitrogens with one attached hydrogen (secondary N) is 1. The van der Waals surface area contributed by atoms with E-state index in [2.05, 4.69) is 5.32 Å². The van der Waals surface area contributed by atoms with Gasteiger partial charge in [-0.1, -0.05) is 42.5 Å². The molecule has 0 radical (unpaired) electrons. The van der Waals surface area contributed by atoms with Crippen molar-refractivity contribution in [1.29, 1.82) is 0 Å². The van der Waals surface area contributed by atoms with E-state index in [1.54, 1.807) is 12.1 Å². The maximum Gasteiger partial charge on any atom is 0.407 e. The highest BCUT2D eigenvalue weighted by Gasteiger charge is 2.16. The molecule has 2 aromatic carbocycles. The molecule has 0 saturated carbocycles. The molecule has 5 heteroatoms. The van der Waals surface area contributed by atoms with Gasteiger partial charge in [-0.2, -0.15) is 4.73 Å². The lowest BCUT2D eigenvalue weighted by Gasteiger charge is -2.16. The van der Waals surface area contributed by atoms with Crippen molar-refractivity contribution < 1.29 is 14.3 Å². The van der Waals surface area contributed by atoms with Gasteiger partial charge in [-0.05, 0) is 24.1 Å². The van der Waals surface area contributed by atoms with E-state index in [9.17, 15) is 10.0 Å². The molecule has 0 bridgehead atoms. The molecule has 0 aliphatic carbocycles. The minimum absolute atomic E-state index is 0.218. The molecule has 1 atom stereocenters. The summed E-state index contributed by atoms with van der Waals surface area (Å²) >= 11 is 0. The summed E-state index contributed by atoms with van der Waals surface area (Å²) < 4.78 is 6.06. The molecule has 0 unspecified atom stereocenters. The molecule has 3 aromatic rings. The van der Waals surface area contributed by atoms with E-state index < -0.39 is 6.09 Å². The number of para-hydroxylation sites is 1. The first kappa shape index (κ1) is 15.8. The fourth-order valence-electron chi connectivity index (χ4n) is 2.62. The van der Waals surface area contributed by atoms with E-state index in [1.807, 2.05) is 55.5 Å². The number of pyridine rings is 1. The maximum absolute atomic E-state index is 12.0. The van der Waals surface area contributed by atoms with Crippen LogP contribution in [0, 0.1) is 5.21 Å². The number of nitrogens with zero attached hydrogens (tertiary/aromatic N) is 1. The van der Waals surface area contributed by atoms with E-state index in [1.165, 1.54) is 6.20 Å². The Labute approximate surface area is 140 Å². The van der Waals surface area contributed by atoms with Gasteiger partial charge in [0.25, 0.3) is 0 Å². The van der Waals surface area contributed by atoms with Crippen LogP contribution in [0.2, 0.25) is 0 Å². The summed E-state index contributed by atoms with van der Waals surface area (Å²) in [6.45, 7) is 2.08. The lowest BCUT2D eigenvalue weighted by atomic mass is 10.0. The summed E-state index contributed by atoms with van der Waals surface area (Å²) in [5.41, 5.74) is 2.37. The molecule has 1 heterocycles. The zero-order chi connectivity index (χ0) is 16.9. The predicted molar refractivity (Wildman–Crippen MR) is 91.1 cm³/mol. The number of hydrogen-bond donors (Lipinski definition) is 1. The summed E-state index contributed by atoms with van der Waals surface area (Å²) in [5, 5.41) is 15.5. The first-order valence-corrected chi connectivity index (χ1v) is 7.73. The van der Waals surface area contributed by atoms with Crippen LogP contribution >= 0.6 is 0 Å². The van der Waals surface area contributed by atoms with Crippen LogP contribution in [0.5, 0.6) is 0 Å². The van der Waals surface area contributed by atoms with Crippen molar-refractivity contribution in [3.8, 4) is 0 Å². The monoisotopic (exact) mass is 322 g/mol. The van der Waals surface area contributed by atoms with Crippen LogP contribution in [0.25, 0.3) is 10.9 Å². The Bertz CT molecular complexity index is 850. The summed E-state index contributed by atoms with van der Waals surface area (Å²) in [5.74, 6) is 0. The van der Waals surface area contributed by atoms with Crippen molar-refractivity contribution in [2.75, 3.05) is 0 Å². The average Bonchev–Trinajstić information content (AvgIpc) is 2.61. The number of alkyl carbamates (subject to hydrolysis) is 1. The molecular weight excluding hydrogens is 304 g/mol. The molecule has 3 rings (SSSR count). The summed E-state index contributed by atoms with van der Waals surface area (Å²) in [6.07, 6.45) is 0.958. The zero-order valence-corrected chi connectivity index (χ0v) is 13.3. The smallest absolute Gasteiger partial charge is 0.407 e. The number of benzene rings is 2. The Morgan fingerprint density at radius 2 is 1.83 bits per heavy atom. The second-order valence-electron chi connectivity index (χ2n) is 5.54. The van der Waals surface area contributed by atoms with Crippen LogP contribution in [0.3, 0.4) is 0 Å². The largest absolute Gasteiger partial charge is 0.618 e. The molecule has 0 fully saturated rings. The van der Waals surface area contributed by atoms with Crippen LogP contribution in [-0.2, 0) is 11.3 Å². The molecule has 5 nitrogen and oxygen atoms in total. The Morgan fingerprint density at radius 1 is 1.12 bits per heavy atom. The van der Waals surface area contributed by atoms with E-state index >= 15 is 0 Å². The van der Waals surface area contributed by atoms with Crippen LogP contribution in [0.4, 0.5) is 4.79 Å². The molecule has 0 aliphatic rings. The second kappa shape index (κ2) is 7.00. The minimum Gasteiger partial charge on any atom is -0.618 e. The Hall–Kier alpha value is -3.08. The normalized spacial score (nSPS) is 11.9. The molecule has 1 aromatic heterocycles. The number of amides is 1. The lowest BCUT2D eigenvalue weighted by molar-refractivity contribution is -0.577. The van der Waals surface area contributed by atoms with Gasteiger partial charge in [-0.15, -0.1) is 0 Å². The molecular formula is C19H18N2O3. The van der Waals surface area contributed by atoms with E-state index in [4.69, 9.17) is 4.74 Å². The van der Waals surface area contributed by atoms with Gasteiger partial charge in [0.1, 0.15) is 6.61 Å². The average molecular weight is 322 g/mol. The van der Waals surface area contributed by atoms with Crippen LogP contribution in [-0.4, -0.2) is 6.09 Å². The molecule has 1 amide bonds. The molecule has 0 saturated heterocycles. The lowest BCUT2D eigenvalue weighted by Crippen LogP contribution is -2.30. The second-order valence-corrected chi connectivity index (χ2v) is 5.54. The number of carbonyl (C=O) groups excluding carboxylic acids is 1. The quantitative estimate of drug-likeness (QED) is 0.591. The van der Waals surface area contributed by atoms with Gasteiger partial charge in [0.2, 0.25) is 5.52 Å². The summed E-state index contributed by atoms with van der Waals surface area (Å²) in [6, 6.07) is 18.2. The fraction of sp³-hybridized carbons (Fsp3) is 0.158. The van der Waals surface area contributed by atoms with Gasteiger partial charge in [0.15, 0.2) is 6.20 Å². The van der Waals surface area contributed by atoms with Crippen molar-refractivity contribution in [3.05, 3.63) is 83.2 Å². The third kappa shape index (κ3) is 3.46. The summed E-state index contributed by atoms with van der Waals surface area (Å²) in [4.78, 5) is 12.0. The van der Waals surface area contributed by atoms with Crippen molar-refractivity contribution in [1.82, 2.24) is 5.32 Å². The molecule has 1 N–H and O–H groups in total. The third-order valence-electron chi connectivity index (χ3n) is 3.86. The highest BCUT2D eigenvalue weighted by molar-refractivity contribution is 5.80. The number of ether oxygens (including phenoxy) is 1. The molecule has 0 aliphatic heterocycles. The van der Waals surface area contributed by atoms with E-state index in [0.717, 1.165) is 21.2 Å². The van der Waals surface area contributed by atoms with Crippen molar-refractivity contribution in [2.24, 2.45) is 0 Å². The van der Waals surface area contributed by atoms with Crippen LogP contribution in [0.1, 0.15) is 24.1 Å². The van der Waals surface area contributed by atoms with Crippen molar-refractivity contribution >= 4 is 17.0 Å². The Kier molecular flexibility index (Phi) is 4.61. The van der Waals surface area contributed by atoms with Gasteiger partial charge < -0.3 is 15.3 Å². The van der Waals surface area contributed by atoms with E-state index in [0.29, 0.717) is 5.52 Å². The topological polar surface area (TPSA) is 65.3 Å². The van der Waals surface area contributed by atoms with Crippen LogP contribution in [0.15, 0.2) is 66.9 Å². The number of hydrogen-bond acceptors (Lipinski definition) is 3. The standard InChI is InChI=1S/C19H18N2O3/c1-14(20-19(22)24-13-15-7-3-2-4-8-15)16-11-12-21(23)18-10-6-5-9-17(16)18/h2-12,14H,13H2,1H3,(H,20,22)/t14-/m1/s1. The van der Waals surface area contributed by atoms with Gasteiger partial charge in [0, 0.05) is 12.1 Å². The fourth-order valence-corrected chi connectivity index (χ4v) is 2.62. The molecule has 122 valence electrons. The SMILES string of the molecule is C[C@@H](NC(=O)OCc1ccccc1)c1cc[n+]([O-])c2ccccc12.